The smallest absolute Gasteiger partial charge is 0.258 e. The Kier molecular flexibility index (Phi) is 5.30. The van der Waals surface area contributed by atoms with Crippen LogP contribution in [0.5, 0.6) is 0 Å². The molecule has 2 aromatic carbocycles. The highest BCUT2D eigenvalue weighted by atomic mass is 79.9. The summed E-state index contributed by atoms with van der Waals surface area (Å²) in [6, 6.07) is 11.9. The number of hydrogen-bond acceptors (Lipinski definition) is 1. The average molecular weight is 423 g/mol. The first-order chi connectivity index (χ1) is 11.9. The number of aromatic nitrogens is 1. The molecule has 0 spiro atoms. The number of rotatable bonds is 4. The summed E-state index contributed by atoms with van der Waals surface area (Å²) in [6.07, 6.45) is 0. The third kappa shape index (κ3) is 3.51. The van der Waals surface area contributed by atoms with Crippen molar-refractivity contribution in [3.8, 4) is 11.1 Å². The fraction of sp³-hybridized carbons (Fsp3) is 0.250. The van der Waals surface area contributed by atoms with Crippen LogP contribution in [0.1, 0.15) is 19.5 Å². The largest absolute Gasteiger partial charge is 0.310 e. The maximum absolute atomic E-state index is 13.4. The fourth-order valence-corrected chi connectivity index (χ4v) is 3.74. The number of hydrogen-bond donors (Lipinski definition) is 0. The van der Waals surface area contributed by atoms with E-state index >= 15 is 0 Å². The van der Waals surface area contributed by atoms with Gasteiger partial charge in [0, 0.05) is 27.7 Å². The van der Waals surface area contributed by atoms with E-state index < -0.39 is 0 Å². The molecule has 3 aromatic rings. The van der Waals surface area contributed by atoms with Crippen molar-refractivity contribution in [2.45, 2.75) is 26.3 Å². The van der Waals surface area contributed by atoms with Crippen LogP contribution < -0.4 is 5.56 Å². The molecule has 0 aliphatic carbocycles. The van der Waals surface area contributed by atoms with Crippen molar-refractivity contribution >= 4 is 38.3 Å². The van der Waals surface area contributed by atoms with Gasteiger partial charge in [0.1, 0.15) is 5.82 Å². The second-order valence-electron chi connectivity index (χ2n) is 6.46. The molecule has 1 aromatic heterocycles. The average Bonchev–Trinajstić information content (AvgIpc) is 2.57. The number of halogens is 3. The molecule has 0 N–H and O–H groups in total. The van der Waals surface area contributed by atoms with E-state index in [9.17, 15) is 9.18 Å². The Bertz CT molecular complexity index is 980. The third-order valence-electron chi connectivity index (χ3n) is 4.15. The number of pyridine rings is 1. The molecule has 0 unspecified atom stereocenters. The van der Waals surface area contributed by atoms with Crippen molar-refractivity contribution in [2.24, 2.45) is 5.92 Å². The van der Waals surface area contributed by atoms with Crippen LogP contribution >= 0.6 is 27.5 Å². The van der Waals surface area contributed by atoms with E-state index in [0.29, 0.717) is 17.8 Å². The molecule has 0 aliphatic rings. The van der Waals surface area contributed by atoms with Crippen molar-refractivity contribution in [1.29, 1.82) is 0 Å². The number of fused-ring (bicyclic) bond motifs is 1. The van der Waals surface area contributed by atoms with Crippen LogP contribution in [0.25, 0.3) is 21.9 Å². The van der Waals surface area contributed by atoms with E-state index in [-0.39, 0.29) is 17.3 Å². The van der Waals surface area contributed by atoms with Crippen molar-refractivity contribution in [2.75, 3.05) is 0 Å². The highest BCUT2D eigenvalue weighted by molar-refractivity contribution is 9.10. The van der Waals surface area contributed by atoms with Gasteiger partial charge in [0.15, 0.2) is 0 Å². The van der Waals surface area contributed by atoms with E-state index in [1.165, 1.54) is 12.1 Å². The highest BCUT2D eigenvalue weighted by Gasteiger charge is 2.18. The lowest BCUT2D eigenvalue weighted by molar-refractivity contribution is 0.504. The summed E-state index contributed by atoms with van der Waals surface area (Å²) in [7, 11) is 0. The van der Waals surface area contributed by atoms with E-state index in [2.05, 4.69) is 29.8 Å². The van der Waals surface area contributed by atoms with Crippen molar-refractivity contribution in [3.63, 3.8) is 0 Å². The Labute approximate surface area is 159 Å². The van der Waals surface area contributed by atoms with Gasteiger partial charge in [0.2, 0.25) is 0 Å². The van der Waals surface area contributed by atoms with Gasteiger partial charge in [-0.15, -0.1) is 11.6 Å². The Morgan fingerprint density at radius 3 is 2.40 bits per heavy atom. The zero-order valence-electron chi connectivity index (χ0n) is 14.0. The highest BCUT2D eigenvalue weighted by Crippen LogP contribution is 2.33. The number of benzene rings is 2. The molecule has 0 saturated carbocycles. The van der Waals surface area contributed by atoms with E-state index in [1.54, 1.807) is 16.7 Å². The van der Waals surface area contributed by atoms with Gasteiger partial charge in [-0.3, -0.25) is 4.79 Å². The second-order valence-corrected chi connectivity index (χ2v) is 7.64. The van der Waals surface area contributed by atoms with E-state index in [4.69, 9.17) is 11.6 Å². The van der Waals surface area contributed by atoms with Gasteiger partial charge in [-0.1, -0.05) is 41.9 Å². The van der Waals surface area contributed by atoms with Gasteiger partial charge in [-0.25, -0.2) is 4.39 Å². The minimum absolute atomic E-state index is 0.0438. The normalized spacial score (nSPS) is 11.4. The molecule has 0 fully saturated rings. The monoisotopic (exact) mass is 421 g/mol. The predicted molar refractivity (Wildman–Crippen MR) is 106 cm³/mol. The topological polar surface area (TPSA) is 22.0 Å². The molecule has 0 bridgehead atoms. The Morgan fingerprint density at radius 1 is 1.12 bits per heavy atom. The number of alkyl halides is 1. The van der Waals surface area contributed by atoms with Crippen LogP contribution in [-0.4, -0.2) is 4.57 Å². The molecule has 0 radical (unpaired) electrons. The predicted octanol–water partition coefficient (Wildman–Crippen LogP) is 5.96. The first kappa shape index (κ1) is 18.2. The van der Waals surface area contributed by atoms with Gasteiger partial charge in [-0.05, 0) is 47.2 Å². The third-order valence-corrected chi connectivity index (χ3v) is 4.89. The molecule has 1 heterocycles. The molecule has 0 atom stereocenters. The minimum Gasteiger partial charge on any atom is -0.310 e. The summed E-state index contributed by atoms with van der Waals surface area (Å²) >= 11 is 9.75. The van der Waals surface area contributed by atoms with Crippen LogP contribution in [0.3, 0.4) is 0 Å². The first-order valence-electron chi connectivity index (χ1n) is 8.09. The lowest BCUT2D eigenvalue weighted by atomic mass is 9.97. The molecule has 0 amide bonds. The van der Waals surface area contributed by atoms with Crippen LogP contribution in [0.15, 0.2) is 51.7 Å². The molecular formula is C20H18BrClFNO. The van der Waals surface area contributed by atoms with Crippen LogP contribution in [0, 0.1) is 11.7 Å². The molecule has 3 rings (SSSR count). The van der Waals surface area contributed by atoms with E-state index in [1.807, 2.05) is 18.2 Å². The van der Waals surface area contributed by atoms with Gasteiger partial charge in [0.05, 0.1) is 5.88 Å². The SMILES string of the molecule is CC(C)Cn1c(CCl)c(-c2ccc(F)cc2)c2cc(Br)ccc2c1=O. The Morgan fingerprint density at radius 2 is 1.80 bits per heavy atom. The molecule has 5 heteroatoms. The zero-order chi connectivity index (χ0) is 18.1. The standard InChI is InChI=1S/C20H18BrClFNO/c1-12(2)11-24-18(10-22)19(13-3-6-15(23)7-4-13)17-9-14(21)5-8-16(17)20(24)25/h3-9,12H,10-11H2,1-2H3. The lowest BCUT2D eigenvalue weighted by Crippen LogP contribution is -2.26. The van der Waals surface area contributed by atoms with Gasteiger partial charge in [-0.2, -0.15) is 0 Å². The summed E-state index contributed by atoms with van der Waals surface area (Å²) in [4.78, 5) is 13.0. The van der Waals surface area contributed by atoms with Crippen LogP contribution in [0.2, 0.25) is 0 Å². The van der Waals surface area contributed by atoms with Crippen LogP contribution in [0.4, 0.5) is 4.39 Å². The van der Waals surface area contributed by atoms with Gasteiger partial charge < -0.3 is 4.57 Å². The summed E-state index contributed by atoms with van der Waals surface area (Å²) in [5, 5.41) is 1.46. The first-order valence-corrected chi connectivity index (χ1v) is 9.42. The van der Waals surface area contributed by atoms with Crippen molar-refractivity contribution < 1.29 is 4.39 Å². The quantitative estimate of drug-likeness (QED) is 0.475. The van der Waals surface area contributed by atoms with E-state index in [0.717, 1.165) is 26.7 Å². The molecule has 0 aliphatic heterocycles. The summed E-state index contributed by atoms with van der Waals surface area (Å²) in [6.45, 7) is 4.71. The summed E-state index contributed by atoms with van der Waals surface area (Å²) in [5.41, 5.74) is 2.44. The van der Waals surface area contributed by atoms with Crippen LogP contribution in [-0.2, 0) is 12.4 Å². The lowest BCUT2D eigenvalue weighted by Gasteiger charge is -2.20. The summed E-state index contributed by atoms with van der Waals surface area (Å²) in [5.74, 6) is 0.211. The fourth-order valence-electron chi connectivity index (χ4n) is 3.10. The maximum atomic E-state index is 13.4. The second kappa shape index (κ2) is 7.30. The van der Waals surface area contributed by atoms with Gasteiger partial charge in [0.25, 0.3) is 5.56 Å². The van der Waals surface area contributed by atoms with Crippen molar-refractivity contribution in [3.05, 3.63) is 68.8 Å². The molecule has 0 saturated heterocycles. The maximum Gasteiger partial charge on any atom is 0.258 e. The molecule has 25 heavy (non-hydrogen) atoms. The molecule has 130 valence electrons. The Hall–Kier alpha value is -1.65. The molecular weight excluding hydrogens is 405 g/mol. The summed E-state index contributed by atoms with van der Waals surface area (Å²) < 4.78 is 16.0. The Balaban J connectivity index is 2.46. The van der Waals surface area contributed by atoms with Gasteiger partial charge >= 0.3 is 0 Å². The molecule has 2 nitrogen and oxygen atoms in total. The minimum atomic E-state index is -0.294. The van der Waals surface area contributed by atoms with Crippen molar-refractivity contribution in [1.82, 2.24) is 4.57 Å². The number of nitrogens with zero attached hydrogens (tertiary/aromatic N) is 1. The zero-order valence-corrected chi connectivity index (χ0v) is 16.4.